The molecule has 0 N–H and O–H groups in total. The molecule has 2 rings (SSSR count). The van der Waals surface area contributed by atoms with Crippen molar-refractivity contribution in [2.24, 2.45) is 0 Å². The summed E-state index contributed by atoms with van der Waals surface area (Å²) in [5.74, 6) is 0.389. The molecule has 0 unspecified atom stereocenters. The van der Waals surface area contributed by atoms with Crippen molar-refractivity contribution in [1.82, 2.24) is 9.80 Å². The summed E-state index contributed by atoms with van der Waals surface area (Å²) in [4.78, 5) is 15.9. The molecule has 1 aromatic rings. The molecule has 1 amide bonds. The molecule has 0 aliphatic carbocycles. The fourth-order valence-corrected chi connectivity index (χ4v) is 1.90. The number of nitrogens with zero attached hydrogens (tertiary/aromatic N) is 2. The number of likely N-dealkylation sites (N-methyl/N-ethyl adjacent to an activating group) is 1. The van der Waals surface area contributed by atoms with Crippen LogP contribution in [0.15, 0.2) is 21.2 Å². The van der Waals surface area contributed by atoms with Crippen LogP contribution in [-0.2, 0) is 0 Å². The van der Waals surface area contributed by atoms with Gasteiger partial charge in [0.05, 0.1) is 0 Å². The molecule has 4 nitrogen and oxygen atoms in total. The Balaban J connectivity index is 2.02. The Hall–Kier alpha value is -0.810. The van der Waals surface area contributed by atoms with Gasteiger partial charge in [0, 0.05) is 26.2 Å². The Morgan fingerprint density at radius 2 is 2.00 bits per heavy atom. The highest BCUT2D eigenvalue weighted by Crippen LogP contribution is 2.16. The summed E-state index contributed by atoms with van der Waals surface area (Å²) in [5, 5.41) is 0. The lowest BCUT2D eigenvalue weighted by Gasteiger charge is -2.31. The number of carbonyl (C=O) groups excluding carboxylic acids is 1. The van der Waals surface area contributed by atoms with Gasteiger partial charge in [-0.15, -0.1) is 0 Å². The second-order valence-corrected chi connectivity index (χ2v) is 4.48. The lowest BCUT2D eigenvalue weighted by molar-refractivity contribution is 0.0631. The van der Waals surface area contributed by atoms with E-state index >= 15 is 0 Å². The first kappa shape index (κ1) is 10.7. The van der Waals surface area contributed by atoms with Gasteiger partial charge in [0.25, 0.3) is 5.91 Å². The molecular formula is C10H13BrN2O2. The molecule has 1 aliphatic rings. The van der Waals surface area contributed by atoms with Crippen LogP contribution in [0.2, 0.25) is 0 Å². The average Bonchev–Trinajstić information content (AvgIpc) is 2.65. The van der Waals surface area contributed by atoms with Gasteiger partial charge in [0.15, 0.2) is 10.4 Å². The molecule has 1 saturated heterocycles. The fourth-order valence-electron chi connectivity index (χ4n) is 1.59. The zero-order chi connectivity index (χ0) is 10.8. The van der Waals surface area contributed by atoms with Gasteiger partial charge in [-0.3, -0.25) is 4.79 Å². The van der Waals surface area contributed by atoms with Crippen LogP contribution in [-0.4, -0.2) is 48.9 Å². The molecule has 0 saturated carbocycles. The van der Waals surface area contributed by atoms with Crippen molar-refractivity contribution in [2.75, 3.05) is 33.2 Å². The number of hydrogen-bond acceptors (Lipinski definition) is 3. The van der Waals surface area contributed by atoms with Gasteiger partial charge < -0.3 is 14.2 Å². The molecule has 0 radical (unpaired) electrons. The minimum atomic E-state index is -0.0196. The predicted octanol–water partition coefficient (Wildman–Crippen LogP) is 1.43. The highest BCUT2D eigenvalue weighted by atomic mass is 79.9. The van der Waals surface area contributed by atoms with Crippen LogP contribution >= 0.6 is 15.9 Å². The van der Waals surface area contributed by atoms with Crippen molar-refractivity contribution in [3.05, 3.63) is 22.6 Å². The molecule has 0 atom stereocenters. The van der Waals surface area contributed by atoms with Crippen molar-refractivity contribution in [3.8, 4) is 0 Å². The molecule has 0 spiro atoms. The maximum Gasteiger partial charge on any atom is 0.289 e. The first-order valence-electron chi connectivity index (χ1n) is 4.90. The van der Waals surface area contributed by atoms with Gasteiger partial charge in [-0.1, -0.05) is 0 Å². The molecule has 1 aliphatic heterocycles. The average molecular weight is 273 g/mol. The zero-order valence-corrected chi connectivity index (χ0v) is 10.2. The minimum absolute atomic E-state index is 0.0196. The number of carbonyl (C=O) groups is 1. The quantitative estimate of drug-likeness (QED) is 0.776. The highest BCUT2D eigenvalue weighted by molar-refractivity contribution is 9.10. The third-order valence-corrected chi connectivity index (χ3v) is 3.00. The van der Waals surface area contributed by atoms with Crippen LogP contribution in [0.1, 0.15) is 10.6 Å². The molecule has 2 heterocycles. The Bertz CT molecular complexity index is 356. The van der Waals surface area contributed by atoms with Gasteiger partial charge >= 0.3 is 0 Å². The zero-order valence-electron chi connectivity index (χ0n) is 8.57. The van der Waals surface area contributed by atoms with Crippen molar-refractivity contribution in [1.29, 1.82) is 0 Å². The normalized spacial score (nSPS) is 18.1. The smallest absolute Gasteiger partial charge is 0.289 e. The SMILES string of the molecule is CN1CCN(C(=O)c2ccc(Br)o2)CC1. The molecule has 0 aromatic carbocycles. The number of rotatable bonds is 1. The standard InChI is InChI=1S/C10H13BrN2O2/c1-12-4-6-13(7-5-12)10(14)8-2-3-9(11)15-8/h2-3H,4-7H2,1H3. The molecule has 1 fully saturated rings. The lowest BCUT2D eigenvalue weighted by Crippen LogP contribution is -2.47. The number of amides is 1. The van der Waals surface area contributed by atoms with Crippen LogP contribution in [0.3, 0.4) is 0 Å². The summed E-state index contributed by atoms with van der Waals surface area (Å²) < 4.78 is 5.83. The first-order valence-corrected chi connectivity index (χ1v) is 5.69. The third kappa shape index (κ3) is 2.41. The highest BCUT2D eigenvalue weighted by Gasteiger charge is 2.22. The van der Waals surface area contributed by atoms with Crippen LogP contribution in [0.5, 0.6) is 0 Å². The first-order chi connectivity index (χ1) is 7.16. The summed E-state index contributed by atoms with van der Waals surface area (Å²) in [6.07, 6.45) is 0. The molecule has 0 bridgehead atoms. The van der Waals surface area contributed by atoms with E-state index in [4.69, 9.17) is 4.42 Å². The Kier molecular flexibility index (Phi) is 3.11. The van der Waals surface area contributed by atoms with Crippen LogP contribution in [0, 0.1) is 0 Å². The molecule has 5 heteroatoms. The minimum Gasteiger partial charge on any atom is -0.444 e. The van der Waals surface area contributed by atoms with E-state index in [1.165, 1.54) is 0 Å². The van der Waals surface area contributed by atoms with E-state index in [1.54, 1.807) is 12.1 Å². The van der Waals surface area contributed by atoms with Gasteiger partial charge in [-0.2, -0.15) is 0 Å². The largest absolute Gasteiger partial charge is 0.444 e. The number of hydrogen-bond donors (Lipinski definition) is 0. The lowest BCUT2D eigenvalue weighted by atomic mass is 10.3. The van der Waals surface area contributed by atoms with E-state index in [0.29, 0.717) is 10.4 Å². The maximum absolute atomic E-state index is 11.9. The van der Waals surface area contributed by atoms with E-state index in [2.05, 4.69) is 27.9 Å². The number of piperazine rings is 1. The maximum atomic E-state index is 11.9. The monoisotopic (exact) mass is 272 g/mol. The summed E-state index contributed by atoms with van der Waals surface area (Å²) in [7, 11) is 2.06. The van der Waals surface area contributed by atoms with E-state index in [0.717, 1.165) is 26.2 Å². The summed E-state index contributed by atoms with van der Waals surface area (Å²) in [6, 6.07) is 3.44. The number of furan rings is 1. The van der Waals surface area contributed by atoms with Crippen molar-refractivity contribution < 1.29 is 9.21 Å². The van der Waals surface area contributed by atoms with Crippen molar-refractivity contribution in [2.45, 2.75) is 0 Å². The third-order valence-electron chi connectivity index (χ3n) is 2.57. The number of halogens is 1. The molecule has 15 heavy (non-hydrogen) atoms. The Labute approximate surface area is 97.0 Å². The van der Waals surface area contributed by atoms with Gasteiger partial charge in [0.1, 0.15) is 0 Å². The van der Waals surface area contributed by atoms with E-state index in [1.807, 2.05) is 4.90 Å². The van der Waals surface area contributed by atoms with Gasteiger partial charge in [-0.25, -0.2) is 0 Å². The summed E-state index contributed by atoms with van der Waals surface area (Å²) >= 11 is 3.19. The fraction of sp³-hybridized carbons (Fsp3) is 0.500. The predicted molar refractivity (Wildman–Crippen MR) is 59.8 cm³/mol. The summed E-state index contributed by atoms with van der Waals surface area (Å²) in [6.45, 7) is 3.39. The van der Waals surface area contributed by atoms with E-state index in [9.17, 15) is 4.79 Å². The van der Waals surface area contributed by atoms with Gasteiger partial charge in [-0.05, 0) is 35.1 Å². The molecule has 82 valence electrons. The van der Waals surface area contributed by atoms with Crippen LogP contribution in [0.4, 0.5) is 0 Å². The summed E-state index contributed by atoms with van der Waals surface area (Å²) in [5.41, 5.74) is 0. The van der Waals surface area contributed by atoms with Crippen molar-refractivity contribution in [3.63, 3.8) is 0 Å². The van der Waals surface area contributed by atoms with E-state index in [-0.39, 0.29) is 5.91 Å². The second-order valence-electron chi connectivity index (χ2n) is 3.70. The molecular weight excluding hydrogens is 260 g/mol. The van der Waals surface area contributed by atoms with Crippen molar-refractivity contribution >= 4 is 21.8 Å². The topological polar surface area (TPSA) is 36.7 Å². The van der Waals surface area contributed by atoms with Crippen LogP contribution < -0.4 is 0 Å². The van der Waals surface area contributed by atoms with Gasteiger partial charge in [0.2, 0.25) is 0 Å². The second kappa shape index (κ2) is 4.37. The molecule has 1 aromatic heterocycles. The van der Waals surface area contributed by atoms with Crippen LogP contribution in [0.25, 0.3) is 0 Å². The van der Waals surface area contributed by atoms with E-state index < -0.39 is 0 Å². The Morgan fingerprint density at radius 1 is 1.33 bits per heavy atom. The Morgan fingerprint density at radius 3 is 2.53 bits per heavy atom.